The number of amides is 1. The van der Waals surface area contributed by atoms with Crippen LogP contribution in [0.25, 0.3) is 0 Å². The van der Waals surface area contributed by atoms with Crippen LogP contribution >= 0.6 is 11.3 Å². The minimum absolute atomic E-state index is 0.00103. The maximum atomic E-state index is 12.4. The average molecular weight is 359 g/mol. The molecule has 2 aromatic rings. The summed E-state index contributed by atoms with van der Waals surface area (Å²) < 4.78 is 11.9. The largest absolute Gasteiger partial charge is 0.376 e. The Bertz CT molecular complexity index is 751. The molecule has 1 atom stereocenters. The molecule has 4 heterocycles. The summed E-state index contributed by atoms with van der Waals surface area (Å²) in [6.45, 7) is 5.13. The number of pyridine rings is 1. The number of hydrogen-bond acceptors (Lipinski definition) is 6. The lowest BCUT2D eigenvalue weighted by molar-refractivity contribution is -0.143. The number of aromatic nitrogens is 1. The molecule has 0 bridgehead atoms. The lowest BCUT2D eigenvalue weighted by Gasteiger charge is -2.42. The molecule has 1 amide bonds. The van der Waals surface area contributed by atoms with E-state index in [1.807, 2.05) is 42.2 Å². The Hall–Kier alpha value is -1.96. The summed E-state index contributed by atoms with van der Waals surface area (Å²) in [7, 11) is 0. The number of carbonyl (C=O) groups excluding carboxylic acids is 1. The minimum Gasteiger partial charge on any atom is -0.376 e. The monoisotopic (exact) mass is 359 g/mol. The van der Waals surface area contributed by atoms with Crippen molar-refractivity contribution in [3.8, 4) is 0 Å². The van der Waals surface area contributed by atoms with Crippen LogP contribution in [0.4, 0.5) is 10.8 Å². The van der Waals surface area contributed by atoms with Gasteiger partial charge in [0.25, 0.3) is 5.91 Å². The molecular weight excluding hydrogens is 338 g/mol. The van der Waals surface area contributed by atoms with Crippen LogP contribution in [0.2, 0.25) is 0 Å². The zero-order chi connectivity index (χ0) is 17.3. The molecule has 0 N–H and O–H groups in total. The van der Waals surface area contributed by atoms with Gasteiger partial charge in [-0.1, -0.05) is 6.07 Å². The third-order valence-electron chi connectivity index (χ3n) is 4.56. The molecule has 1 spiro atoms. The molecule has 132 valence electrons. The van der Waals surface area contributed by atoms with Crippen LogP contribution in [-0.2, 0) is 14.3 Å². The molecule has 2 aliphatic heterocycles. The van der Waals surface area contributed by atoms with Crippen LogP contribution in [0, 0.1) is 6.92 Å². The van der Waals surface area contributed by atoms with E-state index in [0.29, 0.717) is 26.3 Å². The molecule has 4 rings (SSSR count). The minimum atomic E-state index is -0.542. The highest BCUT2D eigenvalue weighted by atomic mass is 32.1. The van der Waals surface area contributed by atoms with Crippen molar-refractivity contribution in [1.29, 1.82) is 0 Å². The Morgan fingerprint density at radius 1 is 1.24 bits per heavy atom. The Kier molecular flexibility index (Phi) is 4.45. The Balaban J connectivity index is 1.59. The van der Waals surface area contributed by atoms with Gasteiger partial charge in [-0.15, -0.1) is 11.3 Å². The summed E-state index contributed by atoms with van der Waals surface area (Å²) in [5.41, 5.74) is -0.542. The summed E-state index contributed by atoms with van der Waals surface area (Å²) in [5.74, 6) is 0.910. The number of morpholine rings is 1. The van der Waals surface area contributed by atoms with Gasteiger partial charge in [-0.2, -0.15) is 0 Å². The number of hydrogen-bond donors (Lipinski definition) is 0. The average Bonchev–Trinajstić information content (AvgIpc) is 2.96. The van der Waals surface area contributed by atoms with Gasteiger partial charge >= 0.3 is 0 Å². The highest BCUT2D eigenvalue weighted by Crippen LogP contribution is 2.32. The number of ether oxygens (including phenoxy) is 2. The van der Waals surface area contributed by atoms with Crippen molar-refractivity contribution >= 4 is 28.1 Å². The zero-order valence-corrected chi connectivity index (χ0v) is 15.0. The summed E-state index contributed by atoms with van der Waals surface area (Å²) in [4.78, 5) is 22.1. The van der Waals surface area contributed by atoms with Crippen molar-refractivity contribution in [3.05, 3.63) is 41.4 Å². The number of thiophene rings is 1. The number of aryl methyl sites for hydroxylation is 1. The van der Waals surface area contributed by atoms with E-state index in [1.54, 1.807) is 17.5 Å². The van der Waals surface area contributed by atoms with Gasteiger partial charge in [-0.05, 0) is 31.2 Å². The van der Waals surface area contributed by atoms with Crippen LogP contribution in [-0.4, -0.2) is 55.9 Å². The van der Waals surface area contributed by atoms with E-state index in [2.05, 4.69) is 9.88 Å². The lowest BCUT2D eigenvalue weighted by atomic mass is 10.0. The molecule has 0 unspecified atom stereocenters. The smallest absolute Gasteiger partial charge is 0.253 e. The van der Waals surface area contributed by atoms with Gasteiger partial charge in [0.15, 0.2) is 0 Å². The second kappa shape index (κ2) is 6.74. The van der Waals surface area contributed by atoms with Gasteiger partial charge < -0.3 is 14.4 Å². The Morgan fingerprint density at radius 3 is 2.92 bits per heavy atom. The van der Waals surface area contributed by atoms with E-state index in [0.717, 1.165) is 17.4 Å². The summed E-state index contributed by atoms with van der Waals surface area (Å²) in [6, 6.07) is 9.93. The number of rotatable bonds is 2. The molecule has 2 aliphatic rings. The first-order chi connectivity index (χ1) is 12.2. The van der Waals surface area contributed by atoms with Crippen molar-refractivity contribution in [2.75, 3.05) is 49.3 Å². The molecule has 2 saturated heterocycles. The molecule has 0 saturated carbocycles. The van der Waals surface area contributed by atoms with Gasteiger partial charge in [0.1, 0.15) is 18.0 Å². The summed E-state index contributed by atoms with van der Waals surface area (Å²) in [6.07, 6.45) is 1.79. The SMILES string of the molecule is Cc1ccc(N2C[C@@]3(COCCN(c4ccccn4)C3)OCC2=O)s1. The van der Waals surface area contributed by atoms with Crippen LogP contribution in [0.15, 0.2) is 36.5 Å². The third kappa shape index (κ3) is 3.40. The predicted octanol–water partition coefficient (Wildman–Crippen LogP) is 2.09. The van der Waals surface area contributed by atoms with Crippen LogP contribution in [0.3, 0.4) is 0 Å². The molecule has 25 heavy (non-hydrogen) atoms. The fourth-order valence-electron chi connectivity index (χ4n) is 3.31. The van der Waals surface area contributed by atoms with E-state index in [4.69, 9.17) is 9.47 Å². The summed E-state index contributed by atoms with van der Waals surface area (Å²) >= 11 is 1.63. The maximum absolute atomic E-state index is 12.4. The molecule has 0 radical (unpaired) electrons. The van der Waals surface area contributed by atoms with E-state index in [1.165, 1.54) is 4.88 Å². The van der Waals surface area contributed by atoms with Gasteiger partial charge in [0, 0.05) is 17.6 Å². The molecule has 2 aromatic heterocycles. The van der Waals surface area contributed by atoms with Crippen molar-refractivity contribution in [3.63, 3.8) is 0 Å². The van der Waals surface area contributed by atoms with Crippen LogP contribution < -0.4 is 9.80 Å². The fourth-order valence-corrected chi connectivity index (χ4v) is 4.19. The van der Waals surface area contributed by atoms with E-state index < -0.39 is 5.60 Å². The molecule has 0 aromatic carbocycles. The van der Waals surface area contributed by atoms with Gasteiger partial charge in [-0.3, -0.25) is 9.69 Å². The Labute approximate surface area is 151 Å². The molecule has 0 aliphatic carbocycles. The first-order valence-electron chi connectivity index (χ1n) is 8.40. The Morgan fingerprint density at radius 2 is 2.16 bits per heavy atom. The fraction of sp³-hybridized carbons (Fsp3) is 0.444. The highest BCUT2D eigenvalue weighted by molar-refractivity contribution is 7.16. The van der Waals surface area contributed by atoms with Crippen LogP contribution in [0.1, 0.15) is 4.88 Å². The van der Waals surface area contributed by atoms with Crippen molar-refractivity contribution in [2.45, 2.75) is 12.5 Å². The molecule has 7 heteroatoms. The van der Waals surface area contributed by atoms with Crippen LogP contribution in [0.5, 0.6) is 0 Å². The van der Waals surface area contributed by atoms with E-state index in [-0.39, 0.29) is 12.5 Å². The van der Waals surface area contributed by atoms with Gasteiger partial charge in [-0.25, -0.2) is 4.98 Å². The third-order valence-corrected chi connectivity index (χ3v) is 5.59. The summed E-state index contributed by atoms with van der Waals surface area (Å²) in [5, 5.41) is 0.971. The van der Waals surface area contributed by atoms with Crippen molar-refractivity contribution in [1.82, 2.24) is 4.98 Å². The first-order valence-corrected chi connectivity index (χ1v) is 9.21. The lowest BCUT2D eigenvalue weighted by Crippen LogP contribution is -2.60. The number of nitrogens with zero attached hydrogens (tertiary/aromatic N) is 3. The van der Waals surface area contributed by atoms with E-state index >= 15 is 0 Å². The van der Waals surface area contributed by atoms with Crippen molar-refractivity contribution < 1.29 is 14.3 Å². The number of anilines is 2. The second-order valence-corrected chi connectivity index (χ2v) is 7.76. The topological polar surface area (TPSA) is 54.9 Å². The quantitative estimate of drug-likeness (QED) is 0.822. The first kappa shape index (κ1) is 16.5. The highest BCUT2D eigenvalue weighted by Gasteiger charge is 2.44. The van der Waals surface area contributed by atoms with Gasteiger partial charge in [0.05, 0.1) is 31.3 Å². The van der Waals surface area contributed by atoms with E-state index in [9.17, 15) is 4.79 Å². The zero-order valence-electron chi connectivity index (χ0n) is 14.2. The standard InChI is InChI=1S/C18H21N3O3S/c1-14-5-6-17(25-14)21-12-18(24-10-16(21)22)11-20(8-9-23-13-18)15-4-2-3-7-19-15/h2-7H,8-13H2,1H3/t18-/m0/s1. The molecule has 2 fully saturated rings. The predicted molar refractivity (Wildman–Crippen MR) is 97.4 cm³/mol. The molecular formula is C18H21N3O3S. The maximum Gasteiger partial charge on any atom is 0.253 e. The normalized spacial score (nSPS) is 24.6. The second-order valence-electron chi connectivity index (χ2n) is 6.50. The van der Waals surface area contributed by atoms with Gasteiger partial charge in [0.2, 0.25) is 0 Å². The van der Waals surface area contributed by atoms with Crippen molar-refractivity contribution in [2.24, 2.45) is 0 Å². The molecule has 6 nitrogen and oxygen atoms in total. The number of carbonyl (C=O) groups is 1.